The normalized spacial score (nSPS) is 18.4. The van der Waals surface area contributed by atoms with Gasteiger partial charge in [0.1, 0.15) is 11.5 Å². The number of aliphatic hydroxyl groups excluding tert-OH is 1. The number of aliphatic hydroxyl groups is 1. The molecule has 1 N–H and O–H groups in total. The van der Waals surface area contributed by atoms with Crippen molar-refractivity contribution in [2.24, 2.45) is 0 Å². The number of Topliss-reactive ketones (excluding diaryl/α,β-unsaturated/α-hetero) is 1. The molecule has 0 radical (unpaired) electrons. The van der Waals surface area contributed by atoms with E-state index in [1.54, 1.807) is 37.3 Å². The van der Waals surface area contributed by atoms with Crippen molar-refractivity contribution >= 4 is 39.2 Å². The standard InChI is InChI=1S/C25H23BrN2O4/c1-14-13-19(27-32-14)28-21(15-5-9-17(10-6-15)25(2,3)4)20(23(30)24(28)31)22(29)16-7-11-18(26)12-8-16/h5-13,21,29H,1-4H3/b22-20+/t21-/m0/s1. The lowest BCUT2D eigenvalue weighted by Gasteiger charge is -2.24. The third-order valence-corrected chi connectivity index (χ3v) is 6.05. The van der Waals surface area contributed by atoms with Crippen LogP contribution in [0.5, 0.6) is 0 Å². The van der Waals surface area contributed by atoms with Crippen LogP contribution in [0.25, 0.3) is 5.76 Å². The molecule has 1 atom stereocenters. The lowest BCUT2D eigenvalue weighted by atomic mass is 9.85. The van der Waals surface area contributed by atoms with E-state index in [9.17, 15) is 14.7 Å². The third-order valence-electron chi connectivity index (χ3n) is 5.52. The minimum atomic E-state index is -0.836. The minimum absolute atomic E-state index is 0.0153. The Labute approximate surface area is 194 Å². The molecule has 7 heteroatoms. The van der Waals surface area contributed by atoms with E-state index in [4.69, 9.17) is 4.52 Å². The number of anilines is 1. The fourth-order valence-corrected chi connectivity index (χ4v) is 4.04. The van der Waals surface area contributed by atoms with Gasteiger partial charge in [-0.15, -0.1) is 0 Å². The van der Waals surface area contributed by atoms with Crippen LogP contribution in [0.4, 0.5) is 5.82 Å². The van der Waals surface area contributed by atoms with Crippen LogP contribution in [0.3, 0.4) is 0 Å². The molecule has 164 valence electrons. The monoisotopic (exact) mass is 494 g/mol. The van der Waals surface area contributed by atoms with Crippen LogP contribution in [0, 0.1) is 6.92 Å². The summed E-state index contributed by atoms with van der Waals surface area (Å²) in [5.74, 6) is -1.03. The van der Waals surface area contributed by atoms with Gasteiger partial charge in [-0.1, -0.05) is 78.3 Å². The highest BCUT2D eigenvalue weighted by atomic mass is 79.9. The van der Waals surface area contributed by atoms with E-state index in [1.165, 1.54) is 4.90 Å². The Morgan fingerprint density at radius 3 is 2.22 bits per heavy atom. The van der Waals surface area contributed by atoms with Crippen molar-refractivity contribution in [1.82, 2.24) is 5.16 Å². The van der Waals surface area contributed by atoms with Gasteiger partial charge in [-0.2, -0.15) is 0 Å². The topological polar surface area (TPSA) is 83.6 Å². The molecule has 0 saturated carbocycles. The number of aromatic nitrogens is 1. The summed E-state index contributed by atoms with van der Waals surface area (Å²) in [5, 5.41) is 15.1. The second kappa shape index (κ2) is 8.06. The second-order valence-electron chi connectivity index (χ2n) is 8.84. The quantitative estimate of drug-likeness (QED) is 0.288. The SMILES string of the molecule is Cc1cc(N2C(=O)C(=O)/C(=C(/O)c3ccc(Br)cc3)[C@@H]2c2ccc(C(C)(C)C)cc2)no1. The van der Waals surface area contributed by atoms with E-state index < -0.39 is 17.7 Å². The number of amides is 1. The molecule has 0 aliphatic carbocycles. The Morgan fingerprint density at radius 1 is 1.06 bits per heavy atom. The maximum absolute atomic E-state index is 13.1. The first-order valence-electron chi connectivity index (χ1n) is 10.2. The van der Waals surface area contributed by atoms with Gasteiger partial charge in [0.05, 0.1) is 11.6 Å². The average molecular weight is 495 g/mol. The number of hydrogen-bond donors (Lipinski definition) is 1. The average Bonchev–Trinajstić information content (AvgIpc) is 3.28. The molecule has 1 fully saturated rings. The van der Waals surface area contributed by atoms with E-state index in [-0.39, 0.29) is 22.6 Å². The van der Waals surface area contributed by atoms with Crippen LogP contribution in [-0.4, -0.2) is 22.0 Å². The van der Waals surface area contributed by atoms with Crippen LogP contribution >= 0.6 is 15.9 Å². The summed E-state index contributed by atoms with van der Waals surface area (Å²) in [5.41, 5.74) is 2.21. The second-order valence-corrected chi connectivity index (χ2v) is 9.76. The number of carbonyl (C=O) groups is 2. The molecule has 2 heterocycles. The summed E-state index contributed by atoms with van der Waals surface area (Å²) in [6.45, 7) is 8.04. The summed E-state index contributed by atoms with van der Waals surface area (Å²) < 4.78 is 6.00. The molecule has 2 aromatic carbocycles. The lowest BCUT2D eigenvalue weighted by molar-refractivity contribution is -0.132. The number of carbonyl (C=O) groups excluding carboxylic acids is 2. The largest absolute Gasteiger partial charge is 0.507 e. The maximum atomic E-state index is 13.1. The molecular formula is C25H23BrN2O4. The van der Waals surface area contributed by atoms with Crippen molar-refractivity contribution in [1.29, 1.82) is 0 Å². The van der Waals surface area contributed by atoms with E-state index in [0.29, 0.717) is 16.9 Å². The van der Waals surface area contributed by atoms with Crippen molar-refractivity contribution in [3.05, 3.63) is 87.1 Å². The summed E-state index contributed by atoms with van der Waals surface area (Å²) in [7, 11) is 0. The number of hydrogen-bond acceptors (Lipinski definition) is 5. The van der Waals surface area contributed by atoms with Crippen LogP contribution in [0.15, 0.2) is 69.2 Å². The van der Waals surface area contributed by atoms with Gasteiger partial charge in [0.25, 0.3) is 5.78 Å². The highest BCUT2D eigenvalue weighted by Crippen LogP contribution is 2.42. The lowest BCUT2D eigenvalue weighted by Crippen LogP contribution is -2.29. The first-order valence-corrected chi connectivity index (χ1v) is 11.0. The molecule has 3 aromatic rings. The Bertz CT molecular complexity index is 1220. The Kier molecular flexibility index (Phi) is 5.54. The summed E-state index contributed by atoms with van der Waals surface area (Å²) >= 11 is 3.37. The predicted octanol–water partition coefficient (Wildman–Crippen LogP) is 5.67. The molecule has 1 aliphatic heterocycles. The van der Waals surface area contributed by atoms with E-state index >= 15 is 0 Å². The summed E-state index contributed by atoms with van der Waals surface area (Å²) in [6, 6.07) is 15.4. The number of nitrogens with zero attached hydrogens (tertiary/aromatic N) is 2. The van der Waals surface area contributed by atoms with Crippen LogP contribution in [0.1, 0.15) is 49.3 Å². The number of aryl methyl sites for hydroxylation is 1. The molecule has 6 nitrogen and oxygen atoms in total. The Balaban J connectivity index is 1.91. The molecule has 0 unspecified atom stereocenters. The zero-order chi connectivity index (χ0) is 23.2. The molecule has 1 amide bonds. The van der Waals surface area contributed by atoms with Crippen molar-refractivity contribution < 1.29 is 19.2 Å². The van der Waals surface area contributed by atoms with Gasteiger partial charge in [-0.25, -0.2) is 0 Å². The molecule has 1 aromatic heterocycles. The van der Waals surface area contributed by atoms with Gasteiger partial charge in [-0.05, 0) is 35.6 Å². The zero-order valence-corrected chi connectivity index (χ0v) is 19.8. The number of benzene rings is 2. The third kappa shape index (κ3) is 3.88. The summed E-state index contributed by atoms with van der Waals surface area (Å²) in [6.07, 6.45) is 0. The minimum Gasteiger partial charge on any atom is -0.507 e. The Hall–Kier alpha value is -3.19. The van der Waals surface area contributed by atoms with Gasteiger partial charge >= 0.3 is 5.91 Å². The number of halogens is 1. The van der Waals surface area contributed by atoms with Gasteiger partial charge < -0.3 is 9.63 Å². The molecule has 0 spiro atoms. The van der Waals surface area contributed by atoms with Gasteiger partial charge in [0.2, 0.25) is 0 Å². The highest BCUT2D eigenvalue weighted by Gasteiger charge is 2.48. The van der Waals surface area contributed by atoms with Gasteiger partial charge in [-0.3, -0.25) is 14.5 Å². The van der Waals surface area contributed by atoms with Crippen molar-refractivity contribution in [2.75, 3.05) is 4.90 Å². The highest BCUT2D eigenvalue weighted by molar-refractivity contribution is 9.10. The molecule has 32 heavy (non-hydrogen) atoms. The van der Waals surface area contributed by atoms with E-state index in [1.807, 2.05) is 24.3 Å². The van der Waals surface area contributed by atoms with Gasteiger partial charge in [0, 0.05) is 16.1 Å². The fourth-order valence-electron chi connectivity index (χ4n) is 3.78. The molecule has 0 bridgehead atoms. The number of ketones is 1. The van der Waals surface area contributed by atoms with Crippen molar-refractivity contribution in [3.63, 3.8) is 0 Å². The van der Waals surface area contributed by atoms with Crippen molar-refractivity contribution in [2.45, 2.75) is 39.2 Å². The number of rotatable bonds is 3. The van der Waals surface area contributed by atoms with E-state index in [0.717, 1.165) is 10.0 Å². The molecule has 1 saturated heterocycles. The maximum Gasteiger partial charge on any atom is 0.301 e. The Morgan fingerprint density at radius 2 is 1.69 bits per heavy atom. The fraction of sp³-hybridized carbons (Fsp3) is 0.240. The molecule has 4 rings (SSSR count). The van der Waals surface area contributed by atoms with E-state index in [2.05, 4.69) is 41.9 Å². The first kappa shape index (κ1) is 22.0. The molecular weight excluding hydrogens is 472 g/mol. The van der Waals surface area contributed by atoms with Crippen LogP contribution in [0.2, 0.25) is 0 Å². The zero-order valence-electron chi connectivity index (χ0n) is 18.2. The van der Waals surface area contributed by atoms with Crippen molar-refractivity contribution in [3.8, 4) is 0 Å². The first-order chi connectivity index (χ1) is 15.1. The smallest absolute Gasteiger partial charge is 0.301 e. The molecule has 1 aliphatic rings. The van der Waals surface area contributed by atoms with Crippen LogP contribution in [-0.2, 0) is 15.0 Å². The van der Waals surface area contributed by atoms with Gasteiger partial charge in [0.15, 0.2) is 5.82 Å². The predicted molar refractivity (Wildman–Crippen MR) is 125 cm³/mol. The summed E-state index contributed by atoms with van der Waals surface area (Å²) in [4.78, 5) is 27.5. The van der Waals surface area contributed by atoms with Crippen LogP contribution < -0.4 is 4.90 Å².